The molecule has 0 atom stereocenters. The average Bonchev–Trinajstić information content (AvgIpc) is 3.45. The molecule has 0 bridgehead atoms. The van der Waals surface area contributed by atoms with Gasteiger partial charge in [-0.1, -0.05) is 12.1 Å². The van der Waals surface area contributed by atoms with Gasteiger partial charge in [0.25, 0.3) is 5.91 Å². The summed E-state index contributed by atoms with van der Waals surface area (Å²) in [4.78, 5) is 24.0. The highest BCUT2D eigenvalue weighted by Gasteiger charge is 2.14. The SMILES string of the molecule is Cn1cc(-c2ccc3cnc(NC(=O)c4ccnc(CN5CCCC5)c4)cc3c2)cn1. The molecular formula is C24H24N6O. The van der Waals surface area contributed by atoms with Crippen LogP contribution in [0.5, 0.6) is 0 Å². The third kappa shape index (κ3) is 4.32. The smallest absolute Gasteiger partial charge is 0.256 e. The summed E-state index contributed by atoms with van der Waals surface area (Å²) >= 11 is 0. The van der Waals surface area contributed by atoms with E-state index >= 15 is 0 Å². The van der Waals surface area contributed by atoms with Gasteiger partial charge in [-0.3, -0.25) is 19.4 Å². The van der Waals surface area contributed by atoms with Gasteiger partial charge in [-0.25, -0.2) is 4.98 Å². The highest BCUT2D eigenvalue weighted by atomic mass is 16.1. The lowest BCUT2D eigenvalue weighted by Crippen LogP contribution is -2.20. The predicted molar refractivity (Wildman–Crippen MR) is 121 cm³/mol. The number of hydrogen-bond donors (Lipinski definition) is 1. The molecule has 3 aromatic heterocycles. The van der Waals surface area contributed by atoms with Crippen LogP contribution in [-0.2, 0) is 13.6 Å². The quantitative estimate of drug-likeness (QED) is 0.538. The number of nitrogens with one attached hydrogen (secondary N) is 1. The van der Waals surface area contributed by atoms with E-state index in [-0.39, 0.29) is 5.91 Å². The fraction of sp³-hybridized carbons (Fsp3) is 0.250. The Bertz CT molecular complexity index is 1240. The number of aromatic nitrogens is 4. The van der Waals surface area contributed by atoms with Gasteiger partial charge in [0.1, 0.15) is 5.82 Å². The predicted octanol–water partition coefficient (Wildman–Crippen LogP) is 3.88. The molecule has 1 fully saturated rings. The van der Waals surface area contributed by atoms with Crippen molar-refractivity contribution in [3.05, 3.63) is 72.4 Å². The number of likely N-dealkylation sites (tertiary alicyclic amines) is 1. The average molecular weight is 412 g/mol. The van der Waals surface area contributed by atoms with Crippen LogP contribution < -0.4 is 5.32 Å². The molecule has 1 aromatic carbocycles. The molecule has 156 valence electrons. The summed E-state index contributed by atoms with van der Waals surface area (Å²) in [5.41, 5.74) is 3.64. The number of nitrogens with zero attached hydrogens (tertiary/aromatic N) is 5. The van der Waals surface area contributed by atoms with Gasteiger partial charge < -0.3 is 5.32 Å². The Hall–Kier alpha value is -3.58. The van der Waals surface area contributed by atoms with Crippen molar-refractivity contribution in [2.45, 2.75) is 19.4 Å². The van der Waals surface area contributed by atoms with Gasteiger partial charge >= 0.3 is 0 Å². The van der Waals surface area contributed by atoms with Crippen LogP contribution in [0.25, 0.3) is 21.9 Å². The molecule has 31 heavy (non-hydrogen) atoms. The molecule has 7 nitrogen and oxygen atoms in total. The van der Waals surface area contributed by atoms with Crippen molar-refractivity contribution in [1.29, 1.82) is 0 Å². The third-order valence-electron chi connectivity index (χ3n) is 5.66. The van der Waals surface area contributed by atoms with E-state index in [4.69, 9.17) is 0 Å². The molecule has 5 rings (SSSR count). The van der Waals surface area contributed by atoms with Gasteiger partial charge in [0.15, 0.2) is 0 Å². The van der Waals surface area contributed by atoms with E-state index in [1.807, 2.05) is 37.6 Å². The summed E-state index contributed by atoms with van der Waals surface area (Å²) in [6.45, 7) is 2.98. The fourth-order valence-corrected chi connectivity index (χ4v) is 4.02. The molecule has 7 heteroatoms. The van der Waals surface area contributed by atoms with E-state index < -0.39 is 0 Å². The minimum Gasteiger partial charge on any atom is -0.307 e. The van der Waals surface area contributed by atoms with Crippen LogP contribution in [0.2, 0.25) is 0 Å². The van der Waals surface area contributed by atoms with Gasteiger partial charge in [0, 0.05) is 48.7 Å². The number of benzene rings is 1. The van der Waals surface area contributed by atoms with Crippen LogP contribution in [0.1, 0.15) is 28.9 Å². The zero-order valence-electron chi connectivity index (χ0n) is 17.5. The van der Waals surface area contributed by atoms with Crippen LogP contribution in [-0.4, -0.2) is 43.6 Å². The Balaban J connectivity index is 1.35. The van der Waals surface area contributed by atoms with Crippen molar-refractivity contribution in [1.82, 2.24) is 24.6 Å². The molecule has 0 unspecified atom stereocenters. The van der Waals surface area contributed by atoms with Crippen molar-refractivity contribution < 1.29 is 4.79 Å². The number of carbonyl (C=O) groups excluding carboxylic acids is 1. The van der Waals surface area contributed by atoms with Gasteiger partial charge in [-0.15, -0.1) is 0 Å². The maximum absolute atomic E-state index is 12.8. The van der Waals surface area contributed by atoms with Gasteiger partial charge in [-0.2, -0.15) is 5.10 Å². The third-order valence-corrected chi connectivity index (χ3v) is 5.66. The van der Waals surface area contributed by atoms with E-state index in [1.54, 1.807) is 23.1 Å². The largest absolute Gasteiger partial charge is 0.307 e. The second-order valence-corrected chi connectivity index (χ2v) is 8.01. The lowest BCUT2D eigenvalue weighted by atomic mass is 10.1. The van der Waals surface area contributed by atoms with Crippen LogP contribution in [0.3, 0.4) is 0 Å². The van der Waals surface area contributed by atoms with Crippen molar-refractivity contribution in [3.8, 4) is 11.1 Å². The summed E-state index contributed by atoms with van der Waals surface area (Å²) in [6, 6.07) is 11.7. The van der Waals surface area contributed by atoms with E-state index in [9.17, 15) is 4.79 Å². The summed E-state index contributed by atoms with van der Waals surface area (Å²) in [7, 11) is 1.90. The van der Waals surface area contributed by atoms with Crippen LogP contribution in [0.4, 0.5) is 5.82 Å². The van der Waals surface area contributed by atoms with E-state index in [0.717, 1.165) is 47.2 Å². The molecule has 1 saturated heterocycles. The minimum absolute atomic E-state index is 0.180. The molecule has 0 saturated carbocycles. The van der Waals surface area contributed by atoms with Crippen molar-refractivity contribution in [2.75, 3.05) is 18.4 Å². The number of amides is 1. The Morgan fingerprint density at radius 1 is 1.00 bits per heavy atom. The van der Waals surface area contributed by atoms with E-state index in [2.05, 4.69) is 37.4 Å². The standard InChI is InChI=1S/C24H24N6O/c1-29-15-21(14-27-29)17-4-5-19-13-26-23(12-20(19)10-17)28-24(31)18-6-7-25-22(11-18)16-30-8-2-3-9-30/h4-7,10-15H,2-3,8-9,16H2,1H3,(H,26,28,31). The molecule has 0 spiro atoms. The number of rotatable bonds is 5. The van der Waals surface area contributed by atoms with Gasteiger partial charge in [0.2, 0.25) is 0 Å². The second kappa shape index (κ2) is 8.28. The first-order valence-corrected chi connectivity index (χ1v) is 10.5. The summed E-state index contributed by atoms with van der Waals surface area (Å²) < 4.78 is 1.78. The Morgan fingerprint density at radius 3 is 2.68 bits per heavy atom. The Kier molecular flexibility index (Phi) is 5.18. The number of hydrogen-bond acceptors (Lipinski definition) is 5. The lowest BCUT2D eigenvalue weighted by Gasteiger charge is -2.14. The zero-order valence-corrected chi connectivity index (χ0v) is 17.5. The highest BCUT2D eigenvalue weighted by molar-refractivity contribution is 6.04. The van der Waals surface area contributed by atoms with Crippen LogP contribution >= 0.6 is 0 Å². The fourth-order valence-electron chi connectivity index (χ4n) is 4.02. The number of aryl methyl sites for hydroxylation is 1. The number of fused-ring (bicyclic) bond motifs is 1. The van der Waals surface area contributed by atoms with Crippen molar-refractivity contribution in [2.24, 2.45) is 7.05 Å². The molecule has 0 radical (unpaired) electrons. The normalized spacial score (nSPS) is 14.2. The first-order valence-electron chi connectivity index (χ1n) is 10.5. The van der Waals surface area contributed by atoms with Crippen molar-refractivity contribution in [3.63, 3.8) is 0 Å². The first-order chi connectivity index (χ1) is 15.1. The topological polar surface area (TPSA) is 75.9 Å². The molecule has 1 amide bonds. The van der Waals surface area contributed by atoms with Crippen molar-refractivity contribution >= 4 is 22.5 Å². The molecule has 0 aliphatic carbocycles. The Morgan fingerprint density at radius 2 is 1.87 bits per heavy atom. The maximum Gasteiger partial charge on any atom is 0.256 e. The molecule has 4 heterocycles. The summed E-state index contributed by atoms with van der Waals surface area (Å²) in [5.74, 6) is 0.346. The first kappa shape index (κ1) is 19.4. The molecule has 1 N–H and O–H groups in total. The van der Waals surface area contributed by atoms with E-state index in [1.165, 1.54) is 12.8 Å². The molecule has 1 aliphatic heterocycles. The Labute approximate surface area is 180 Å². The molecular weight excluding hydrogens is 388 g/mol. The maximum atomic E-state index is 12.8. The number of anilines is 1. The van der Waals surface area contributed by atoms with Crippen LogP contribution in [0.15, 0.2) is 61.2 Å². The van der Waals surface area contributed by atoms with E-state index in [0.29, 0.717) is 11.4 Å². The lowest BCUT2D eigenvalue weighted by molar-refractivity contribution is 0.102. The van der Waals surface area contributed by atoms with Gasteiger partial charge in [0.05, 0.1) is 11.9 Å². The number of pyridine rings is 2. The van der Waals surface area contributed by atoms with Crippen LogP contribution in [0, 0.1) is 0 Å². The second-order valence-electron chi connectivity index (χ2n) is 8.01. The summed E-state index contributed by atoms with van der Waals surface area (Å²) in [5, 5.41) is 9.20. The molecule has 4 aromatic rings. The monoisotopic (exact) mass is 412 g/mol. The van der Waals surface area contributed by atoms with Gasteiger partial charge in [-0.05, 0) is 61.1 Å². The molecule has 1 aliphatic rings. The zero-order chi connectivity index (χ0) is 21.2. The highest BCUT2D eigenvalue weighted by Crippen LogP contribution is 2.25. The number of carbonyl (C=O) groups is 1. The summed E-state index contributed by atoms with van der Waals surface area (Å²) in [6.07, 6.45) is 9.77. The minimum atomic E-state index is -0.180.